The highest BCUT2D eigenvalue weighted by Gasteiger charge is 2.26. The SMILES string of the molecule is c1ccc(-c2ccc(C3=Nc4ccccc4NC3c3ccc(-n4c5cc6c(cc5c5c7ccccc7ccc54)c4ccccc4n6-c4ccccc4)cc3)cc2)cc1. The summed E-state index contributed by atoms with van der Waals surface area (Å²) in [7, 11) is 0. The molecule has 272 valence electrons. The molecule has 11 aromatic rings. The molecule has 4 nitrogen and oxygen atoms in total. The monoisotopic (exact) mass is 740 g/mol. The zero-order valence-electron chi connectivity index (χ0n) is 31.5. The highest BCUT2D eigenvalue weighted by Crippen LogP contribution is 2.43. The minimum absolute atomic E-state index is 0.130. The smallest absolute Gasteiger partial charge is 0.0947 e. The van der Waals surface area contributed by atoms with Crippen molar-refractivity contribution in [2.75, 3.05) is 5.32 Å². The second kappa shape index (κ2) is 12.9. The highest BCUT2D eigenvalue weighted by molar-refractivity contribution is 6.25. The number of hydrogen-bond acceptors (Lipinski definition) is 2. The van der Waals surface area contributed by atoms with Gasteiger partial charge < -0.3 is 14.5 Å². The van der Waals surface area contributed by atoms with Crippen molar-refractivity contribution in [1.29, 1.82) is 0 Å². The number of aliphatic imine (C=N–C) groups is 1. The average Bonchev–Trinajstić information content (AvgIpc) is 3.80. The fourth-order valence-corrected chi connectivity index (χ4v) is 9.25. The van der Waals surface area contributed by atoms with Gasteiger partial charge in [-0.15, -0.1) is 0 Å². The molecule has 58 heavy (non-hydrogen) atoms. The molecule has 0 radical (unpaired) electrons. The first-order valence-electron chi connectivity index (χ1n) is 19.9. The molecule has 0 bridgehead atoms. The summed E-state index contributed by atoms with van der Waals surface area (Å²) in [6, 6.07) is 74.3. The molecule has 1 aliphatic rings. The fourth-order valence-electron chi connectivity index (χ4n) is 9.25. The van der Waals surface area contributed by atoms with Gasteiger partial charge in [0.1, 0.15) is 0 Å². The van der Waals surface area contributed by atoms with Crippen LogP contribution in [0, 0.1) is 0 Å². The van der Waals surface area contributed by atoms with Crippen molar-refractivity contribution in [3.05, 3.63) is 217 Å². The third-order valence-corrected chi connectivity index (χ3v) is 12.0. The van der Waals surface area contributed by atoms with Gasteiger partial charge in [0, 0.05) is 32.9 Å². The lowest BCUT2D eigenvalue weighted by molar-refractivity contribution is 1.01. The summed E-state index contributed by atoms with van der Waals surface area (Å²) in [6.07, 6.45) is 0. The molecule has 0 fully saturated rings. The number of aromatic nitrogens is 2. The number of fused-ring (bicyclic) bond motifs is 9. The summed E-state index contributed by atoms with van der Waals surface area (Å²) in [6.45, 7) is 0. The maximum Gasteiger partial charge on any atom is 0.0947 e. The van der Waals surface area contributed by atoms with Gasteiger partial charge >= 0.3 is 0 Å². The van der Waals surface area contributed by atoms with Crippen molar-refractivity contribution in [3.63, 3.8) is 0 Å². The Kier molecular flexibility index (Phi) is 7.26. The van der Waals surface area contributed by atoms with Crippen molar-refractivity contribution in [3.8, 4) is 22.5 Å². The molecule has 4 heteroatoms. The Morgan fingerprint density at radius 2 is 1.02 bits per heavy atom. The Balaban J connectivity index is 1.04. The van der Waals surface area contributed by atoms with E-state index in [2.05, 4.69) is 221 Å². The Morgan fingerprint density at radius 1 is 0.397 bits per heavy atom. The summed E-state index contributed by atoms with van der Waals surface area (Å²) in [5.74, 6) is 0. The van der Waals surface area contributed by atoms with Crippen molar-refractivity contribution >= 4 is 71.5 Å². The number of para-hydroxylation sites is 4. The fraction of sp³-hybridized carbons (Fsp3) is 0.0185. The van der Waals surface area contributed by atoms with Gasteiger partial charge in [0.15, 0.2) is 0 Å². The van der Waals surface area contributed by atoms with E-state index in [0.29, 0.717) is 0 Å². The van der Waals surface area contributed by atoms with Crippen LogP contribution in [-0.4, -0.2) is 14.8 Å². The molecule has 12 rings (SSSR count). The predicted molar refractivity (Wildman–Crippen MR) is 244 cm³/mol. The van der Waals surface area contributed by atoms with Gasteiger partial charge in [-0.05, 0) is 93.7 Å². The normalized spacial score (nSPS) is 13.9. The van der Waals surface area contributed by atoms with Crippen LogP contribution in [0.2, 0.25) is 0 Å². The van der Waals surface area contributed by atoms with Crippen LogP contribution < -0.4 is 5.32 Å². The Bertz CT molecular complexity index is 3390. The van der Waals surface area contributed by atoms with Gasteiger partial charge in [-0.2, -0.15) is 0 Å². The van der Waals surface area contributed by atoms with Crippen LogP contribution >= 0.6 is 0 Å². The van der Waals surface area contributed by atoms with E-state index in [0.717, 1.165) is 39.6 Å². The molecule has 2 aromatic heterocycles. The first-order valence-corrected chi connectivity index (χ1v) is 19.9. The van der Waals surface area contributed by atoms with E-state index < -0.39 is 0 Å². The molecule has 0 saturated heterocycles. The zero-order chi connectivity index (χ0) is 38.2. The number of anilines is 1. The summed E-state index contributed by atoms with van der Waals surface area (Å²) < 4.78 is 4.86. The molecule has 0 aliphatic carbocycles. The van der Waals surface area contributed by atoms with E-state index in [1.54, 1.807) is 0 Å². The Hall–Kier alpha value is -7.69. The second-order valence-corrected chi connectivity index (χ2v) is 15.2. The minimum Gasteiger partial charge on any atom is -0.371 e. The van der Waals surface area contributed by atoms with Crippen LogP contribution in [0.25, 0.3) is 76.9 Å². The van der Waals surface area contributed by atoms with Crippen molar-refractivity contribution in [1.82, 2.24) is 9.13 Å². The Morgan fingerprint density at radius 3 is 1.84 bits per heavy atom. The third-order valence-electron chi connectivity index (χ3n) is 12.0. The number of nitrogens with one attached hydrogen (secondary N) is 1. The summed E-state index contributed by atoms with van der Waals surface area (Å²) in [5.41, 5.74) is 14.7. The molecule has 1 atom stereocenters. The first kappa shape index (κ1) is 32.5. The van der Waals surface area contributed by atoms with Crippen LogP contribution in [0.5, 0.6) is 0 Å². The first-order chi connectivity index (χ1) is 28.8. The van der Waals surface area contributed by atoms with Crippen molar-refractivity contribution < 1.29 is 0 Å². The second-order valence-electron chi connectivity index (χ2n) is 15.2. The van der Waals surface area contributed by atoms with Crippen LogP contribution in [0.15, 0.2) is 211 Å². The van der Waals surface area contributed by atoms with Gasteiger partial charge in [-0.1, -0.05) is 146 Å². The summed E-state index contributed by atoms with van der Waals surface area (Å²) in [4.78, 5) is 5.29. The Labute approximate surface area is 335 Å². The van der Waals surface area contributed by atoms with E-state index in [4.69, 9.17) is 4.99 Å². The highest BCUT2D eigenvalue weighted by atomic mass is 15.0. The maximum absolute atomic E-state index is 5.29. The topological polar surface area (TPSA) is 34.2 Å². The molecule has 0 spiro atoms. The standard InChI is InChI=1S/C54H36N4/c1-3-13-35(14-4-1)36-23-25-38(26-24-36)53-54(56-47-21-11-10-20-46(47)55-53)39-27-30-41(31-28-39)58-49-32-29-37-15-7-8-18-42(37)52(49)45-33-44-43-19-9-12-22-48(43)57(50(44)34-51(45)58)40-16-5-2-6-17-40/h1-34,54,56H. The third kappa shape index (κ3) is 5.05. The van der Waals surface area contributed by atoms with E-state index in [1.165, 1.54) is 65.5 Å². The van der Waals surface area contributed by atoms with E-state index >= 15 is 0 Å². The quantitative estimate of drug-likeness (QED) is 0.187. The summed E-state index contributed by atoms with van der Waals surface area (Å²) in [5, 5.41) is 11.4. The predicted octanol–water partition coefficient (Wildman–Crippen LogP) is 14.0. The van der Waals surface area contributed by atoms with Crippen LogP contribution in [0.4, 0.5) is 11.4 Å². The molecule has 0 saturated carbocycles. The molecule has 0 amide bonds. The van der Waals surface area contributed by atoms with Crippen LogP contribution in [0.3, 0.4) is 0 Å². The maximum atomic E-state index is 5.29. The molecular formula is C54H36N4. The molecule has 1 N–H and O–H groups in total. The molecular weight excluding hydrogens is 705 g/mol. The molecule has 1 unspecified atom stereocenters. The summed E-state index contributed by atoms with van der Waals surface area (Å²) >= 11 is 0. The minimum atomic E-state index is -0.130. The zero-order valence-corrected chi connectivity index (χ0v) is 31.5. The molecule has 1 aliphatic heterocycles. The van der Waals surface area contributed by atoms with Gasteiger partial charge in [-0.25, -0.2) is 4.99 Å². The van der Waals surface area contributed by atoms with E-state index in [1.807, 2.05) is 0 Å². The molecule has 9 aromatic carbocycles. The van der Waals surface area contributed by atoms with Gasteiger partial charge in [0.2, 0.25) is 0 Å². The lowest BCUT2D eigenvalue weighted by atomic mass is 9.93. The number of rotatable bonds is 5. The van der Waals surface area contributed by atoms with Crippen LogP contribution in [0.1, 0.15) is 17.2 Å². The number of hydrogen-bond donors (Lipinski definition) is 1. The van der Waals surface area contributed by atoms with E-state index in [9.17, 15) is 0 Å². The molecule has 3 heterocycles. The van der Waals surface area contributed by atoms with Gasteiger partial charge in [0.25, 0.3) is 0 Å². The average molecular weight is 741 g/mol. The van der Waals surface area contributed by atoms with Gasteiger partial charge in [-0.3, -0.25) is 0 Å². The van der Waals surface area contributed by atoms with Gasteiger partial charge in [0.05, 0.1) is 45.2 Å². The van der Waals surface area contributed by atoms with Crippen molar-refractivity contribution in [2.24, 2.45) is 4.99 Å². The lowest BCUT2D eigenvalue weighted by Crippen LogP contribution is -2.25. The lowest BCUT2D eigenvalue weighted by Gasteiger charge is -2.28. The largest absolute Gasteiger partial charge is 0.371 e. The van der Waals surface area contributed by atoms with Crippen molar-refractivity contribution in [2.45, 2.75) is 6.04 Å². The number of benzene rings is 9. The van der Waals surface area contributed by atoms with E-state index in [-0.39, 0.29) is 6.04 Å². The number of nitrogens with zero attached hydrogens (tertiary/aromatic N) is 3. The van der Waals surface area contributed by atoms with Crippen LogP contribution in [-0.2, 0) is 0 Å².